The average Bonchev–Trinajstić information content (AvgIpc) is 2.92. The number of aliphatic hydroxyl groups excluding tert-OH is 1. The van der Waals surface area contributed by atoms with E-state index >= 15 is 0 Å². The van der Waals surface area contributed by atoms with E-state index in [0.29, 0.717) is 36.5 Å². The highest BCUT2D eigenvalue weighted by Gasteiger charge is 2.61. The molecule has 0 bridgehead atoms. The molecule has 4 fully saturated rings. The van der Waals surface area contributed by atoms with Crippen LogP contribution in [-0.2, 0) is 14.3 Å². The summed E-state index contributed by atoms with van der Waals surface area (Å²) in [7, 11) is 0. The molecule has 2 N–H and O–H groups in total. The third-order valence-corrected chi connectivity index (χ3v) is 9.72. The maximum absolute atomic E-state index is 13.0. The lowest BCUT2D eigenvalue weighted by atomic mass is 9.49. The molecule has 4 aliphatic rings. The fourth-order valence-electron chi connectivity index (χ4n) is 8.15. The van der Waals surface area contributed by atoms with Crippen LogP contribution in [0.25, 0.3) is 0 Å². The van der Waals surface area contributed by atoms with Gasteiger partial charge in [0, 0.05) is 24.7 Å². The van der Waals surface area contributed by atoms with E-state index in [-0.39, 0.29) is 35.7 Å². The summed E-state index contributed by atoms with van der Waals surface area (Å²) in [5.74, 6) is 1.41. The van der Waals surface area contributed by atoms with Crippen LogP contribution in [0.4, 0.5) is 0 Å². The highest BCUT2D eigenvalue weighted by molar-refractivity contribution is 5.71. The molecule has 5 nitrogen and oxygen atoms in total. The fourth-order valence-corrected chi connectivity index (χ4v) is 8.15. The molecule has 0 amide bonds. The van der Waals surface area contributed by atoms with Gasteiger partial charge in [-0.2, -0.15) is 0 Å². The SMILES string of the molecule is C[C@H](CCC(=O)O)[C@H]1CC[C@H]2[C@@H]3CC[C@@H]4C[C@H](O)CC[C@]4(C)[C@H]3CC(=O)O[C@]12C. The highest BCUT2D eigenvalue weighted by atomic mass is 16.6. The maximum atomic E-state index is 13.0. The molecule has 0 unspecified atom stereocenters. The van der Waals surface area contributed by atoms with Crippen molar-refractivity contribution in [2.75, 3.05) is 0 Å². The second kappa shape index (κ2) is 7.55. The Bertz CT molecular complexity index is 662. The fraction of sp³-hybridized carbons (Fsp3) is 0.917. The predicted molar refractivity (Wildman–Crippen MR) is 109 cm³/mol. The summed E-state index contributed by atoms with van der Waals surface area (Å²) in [4.78, 5) is 24.1. The molecule has 164 valence electrons. The molecular formula is C24H38O5. The largest absolute Gasteiger partial charge is 0.481 e. The minimum absolute atomic E-state index is 0.0599. The van der Waals surface area contributed by atoms with E-state index in [2.05, 4.69) is 20.8 Å². The van der Waals surface area contributed by atoms with Gasteiger partial charge in [0.05, 0.1) is 6.10 Å². The zero-order valence-electron chi connectivity index (χ0n) is 18.2. The van der Waals surface area contributed by atoms with E-state index in [9.17, 15) is 14.7 Å². The highest BCUT2D eigenvalue weighted by Crippen LogP contribution is 2.63. The molecular weight excluding hydrogens is 368 g/mol. The molecule has 0 aromatic rings. The summed E-state index contributed by atoms with van der Waals surface area (Å²) in [5, 5.41) is 19.3. The normalized spacial score (nSPS) is 47.9. The Morgan fingerprint density at radius 3 is 2.66 bits per heavy atom. The van der Waals surface area contributed by atoms with E-state index in [1.165, 1.54) is 0 Å². The topological polar surface area (TPSA) is 83.8 Å². The average molecular weight is 407 g/mol. The van der Waals surface area contributed by atoms with Crippen LogP contribution in [0, 0.1) is 40.9 Å². The number of carbonyl (C=O) groups excluding carboxylic acids is 1. The van der Waals surface area contributed by atoms with E-state index in [1.807, 2.05) is 0 Å². The van der Waals surface area contributed by atoms with Crippen molar-refractivity contribution < 1.29 is 24.5 Å². The maximum Gasteiger partial charge on any atom is 0.306 e. The molecule has 1 saturated heterocycles. The summed E-state index contributed by atoms with van der Waals surface area (Å²) >= 11 is 0. The summed E-state index contributed by atoms with van der Waals surface area (Å²) in [5.41, 5.74) is -0.342. The standard InChI is InChI=1S/C24H38O5/c1-14(4-9-21(26)27)18-7-8-19-17-6-5-15-12-16(25)10-11-23(15,2)20(17)13-22(28)29-24(18,19)3/h14-20,25H,4-13H2,1-3H3,(H,26,27)/t14-,15-,16-,17+,18-,19+,20+,23+,24-/m1/s1. The monoisotopic (exact) mass is 406 g/mol. The van der Waals surface area contributed by atoms with Crippen molar-refractivity contribution in [2.45, 2.75) is 96.7 Å². The van der Waals surface area contributed by atoms with Crippen LogP contribution in [-0.4, -0.2) is 33.9 Å². The first kappa shape index (κ1) is 21.1. The van der Waals surface area contributed by atoms with Crippen molar-refractivity contribution >= 4 is 11.9 Å². The van der Waals surface area contributed by atoms with E-state index in [4.69, 9.17) is 9.84 Å². The van der Waals surface area contributed by atoms with E-state index < -0.39 is 11.6 Å². The van der Waals surface area contributed by atoms with Gasteiger partial charge in [-0.25, -0.2) is 0 Å². The summed E-state index contributed by atoms with van der Waals surface area (Å²) in [6.45, 7) is 6.66. The molecule has 29 heavy (non-hydrogen) atoms. The number of hydrogen-bond acceptors (Lipinski definition) is 4. The Labute approximate surface area is 174 Å². The molecule has 5 heteroatoms. The second-order valence-corrected chi connectivity index (χ2v) is 11.0. The van der Waals surface area contributed by atoms with Gasteiger partial charge in [-0.1, -0.05) is 13.8 Å². The first-order valence-electron chi connectivity index (χ1n) is 11.8. The number of carboxylic acid groups (broad SMARTS) is 1. The van der Waals surface area contributed by atoms with Gasteiger partial charge >= 0.3 is 11.9 Å². The van der Waals surface area contributed by atoms with Gasteiger partial charge in [-0.3, -0.25) is 9.59 Å². The lowest BCUT2D eigenvalue weighted by molar-refractivity contribution is -0.167. The van der Waals surface area contributed by atoms with Gasteiger partial charge in [0.2, 0.25) is 0 Å². The first-order chi connectivity index (χ1) is 13.6. The molecule has 0 aromatic carbocycles. The van der Waals surface area contributed by atoms with Gasteiger partial charge in [-0.05, 0) is 87.4 Å². The van der Waals surface area contributed by atoms with Crippen LogP contribution in [0.2, 0.25) is 0 Å². The molecule has 4 rings (SSSR count). The van der Waals surface area contributed by atoms with E-state index in [1.54, 1.807) is 0 Å². The minimum atomic E-state index is -0.750. The molecule has 1 aliphatic heterocycles. The third kappa shape index (κ3) is 3.51. The number of aliphatic hydroxyl groups is 1. The number of carboxylic acids is 1. The summed E-state index contributed by atoms with van der Waals surface area (Å²) in [6, 6.07) is 0. The molecule has 3 aliphatic carbocycles. The van der Waals surface area contributed by atoms with Crippen LogP contribution in [0.15, 0.2) is 0 Å². The van der Waals surface area contributed by atoms with Crippen LogP contribution in [0.1, 0.15) is 85.0 Å². The number of esters is 1. The van der Waals surface area contributed by atoms with Crippen LogP contribution in [0.5, 0.6) is 0 Å². The van der Waals surface area contributed by atoms with Crippen molar-refractivity contribution in [1.29, 1.82) is 0 Å². The molecule has 0 aromatic heterocycles. The smallest absolute Gasteiger partial charge is 0.306 e. The summed E-state index contributed by atoms with van der Waals surface area (Å²) in [6.07, 6.45) is 8.27. The number of hydrogen-bond donors (Lipinski definition) is 2. The number of aliphatic carboxylic acids is 1. The Morgan fingerprint density at radius 1 is 1.17 bits per heavy atom. The van der Waals surface area contributed by atoms with E-state index in [0.717, 1.165) is 44.9 Å². The van der Waals surface area contributed by atoms with Crippen LogP contribution in [0.3, 0.4) is 0 Å². The Morgan fingerprint density at radius 2 is 1.93 bits per heavy atom. The second-order valence-electron chi connectivity index (χ2n) is 11.0. The van der Waals surface area contributed by atoms with Crippen molar-refractivity contribution in [3.63, 3.8) is 0 Å². The molecule has 0 spiro atoms. The lowest BCUT2D eigenvalue weighted by Crippen LogP contribution is -2.51. The van der Waals surface area contributed by atoms with Gasteiger partial charge in [0.1, 0.15) is 5.60 Å². The van der Waals surface area contributed by atoms with Crippen molar-refractivity contribution in [2.24, 2.45) is 40.9 Å². The third-order valence-electron chi connectivity index (χ3n) is 9.72. The number of ether oxygens (including phenoxy) is 1. The number of fused-ring (bicyclic) bond motifs is 5. The quantitative estimate of drug-likeness (QED) is 0.676. The zero-order chi connectivity index (χ0) is 21.0. The molecule has 0 radical (unpaired) electrons. The molecule has 9 atom stereocenters. The minimum Gasteiger partial charge on any atom is -0.481 e. The lowest BCUT2D eigenvalue weighted by Gasteiger charge is -2.55. The van der Waals surface area contributed by atoms with Crippen molar-refractivity contribution in [1.82, 2.24) is 0 Å². The zero-order valence-corrected chi connectivity index (χ0v) is 18.2. The summed E-state index contributed by atoms with van der Waals surface area (Å²) < 4.78 is 6.27. The number of rotatable bonds is 4. The van der Waals surface area contributed by atoms with Gasteiger partial charge in [-0.15, -0.1) is 0 Å². The van der Waals surface area contributed by atoms with Gasteiger partial charge in [0.25, 0.3) is 0 Å². The predicted octanol–water partition coefficient (Wildman–Crippen LogP) is 4.41. The Balaban J connectivity index is 1.60. The van der Waals surface area contributed by atoms with Gasteiger partial charge < -0.3 is 14.9 Å². The van der Waals surface area contributed by atoms with Crippen molar-refractivity contribution in [3.8, 4) is 0 Å². The van der Waals surface area contributed by atoms with Gasteiger partial charge in [0.15, 0.2) is 0 Å². The molecule has 1 heterocycles. The molecule has 3 saturated carbocycles. The van der Waals surface area contributed by atoms with Crippen LogP contribution < -0.4 is 0 Å². The number of carbonyl (C=O) groups is 2. The van der Waals surface area contributed by atoms with Crippen molar-refractivity contribution in [3.05, 3.63) is 0 Å². The first-order valence-corrected chi connectivity index (χ1v) is 11.8. The Hall–Kier alpha value is -1.10. The van der Waals surface area contributed by atoms with Crippen LogP contribution >= 0.6 is 0 Å². The Kier molecular flexibility index (Phi) is 5.50.